The minimum absolute atomic E-state index is 0.0726. The van der Waals surface area contributed by atoms with E-state index in [9.17, 15) is 4.79 Å². The molecule has 0 spiro atoms. The van der Waals surface area contributed by atoms with Crippen molar-refractivity contribution in [3.05, 3.63) is 28.3 Å². The van der Waals surface area contributed by atoms with Crippen LogP contribution in [0.3, 0.4) is 0 Å². The van der Waals surface area contributed by atoms with Crippen LogP contribution < -0.4 is 10.5 Å². The Kier molecular flexibility index (Phi) is 6.24. The molecule has 7 heteroatoms. The highest BCUT2D eigenvalue weighted by molar-refractivity contribution is 6.74. The van der Waals surface area contributed by atoms with Crippen molar-refractivity contribution < 1.29 is 9.16 Å². The van der Waals surface area contributed by atoms with Crippen molar-refractivity contribution in [1.29, 1.82) is 0 Å². The van der Waals surface area contributed by atoms with Crippen molar-refractivity contribution >= 4 is 20.2 Å². The molecule has 1 aliphatic rings. The highest BCUT2D eigenvalue weighted by atomic mass is 28.4. The minimum Gasteiger partial charge on any atom is -0.413 e. The Balaban J connectivity index is 2.09. The third-order valence-corrected chi connectivity index (χ3v) is 9.52. The summed E-state index contributed by atoms with van der Waals surface area (Å²) < 4.78 is 13.1. The molecule has 0 radical (unpaired) electrons. The first-order valence-corrected chi connectivity index (χ1v) is 11.7. The third kappa shape index (κ3) is 5.02. The summed E-state index contributed by atoms with van der Waals surface area (Å²) in [6.45, 7) is 14.4. The quantitative estimate of drug-likeness (QED) is 0.751. The number of aromatic nitrogens is 2. The zero-order valence-corrected chi connectivity index (χ0v) is 17.3. The molecule has 0 amide bonds. The van der Waals surface area contributed by atoms with Gasteiger partial charge in [0.2, 0.25) is 0 Å². The Bertz CT molecular complexity index is 671. The van der Waals surface area contributed by atoms with Crippen LogP contribution >= 0.6 is 0 Å². The molecule has 0 aliphatic carbocycles. The number of nitrogens with zero attached hydrogens (tertiary/aromatic N) is 3. The van der Waals surface area contributed by atoms with Crippen LogP contribution in [0.2, 0.25) is 18.1 Å². The van der Waals surface area contributed by atoms with Crippen molar-refractivity contribution in [3.8, 4) is 0 Å². The van der Waals surface area contributed by atoms with E-state index in [4.69, 9.17) is 9.16 Å². The van der Waals surface area contributed by atoms with E-state index in [1.54, 1.807) is 17.8 Å². The number of rotatable bonds is 5. The molecule has 140 valence electrons. The van der Waals surface area contributed by atoms with Gasteiger partial charge in [-0.3, -0.25) is 4.79 Å². The van der Waals surface area contributed by atoms with Gasteiger partial charge in [-0.15, -0.1) is 0 Å². The number of anilines is 1. The lowest BCUT2D eigenvalue weighted by molar-refractivity contribution is 0.122. The van der Waals surface area contributed by atoms with E-state index in [0.29, 0.717) is 38.7 Å². The van der Waals surface area contributed by atoms with Crippen LogP contribution in [0.25, 0.3) is 6.08 Å². The average Bonchev–Trinajstić information content (AvgIpc) is 2.54. The van der Waals surface area contributed by atoms with E-state index < -0.39 is 8.32 Å². The van der Waals surface area contributed by atoms with Crippen molar-refractivity contribution in [3.63, 3.8) is 0 Å². The molecule has 25 heavy (non-hydrogen) atoms. The Hall–Kier alpha value is -1.44. The first kappa shape index (κ1) is 19.9. The van der Waals surface area contributed by atoms with Gasteiger partial charge in [-0.05, 0) is 24.2 Å². The van der Waals surface area contributed by atoms with Gasteiger partial charge in [0.25, 0.3) is 5.56 Å². The van der Waals surface area contributed by atoms with Crippen molar-refractivity contribution in [2.75, 3.05) is 37.8 Å². The standard InChI is InChI=1S/C18H31N3O3Si/c1-18(2,3)25(5,6)24-11-7-8-15-14-20(4)17(22)16(19-15)21-9-12-23-13-10-21/h7-8,14H,9-13H2,1-6H3/b8-7+. The minimum atomic E-state index is -1.75. The zero-order valence-electron chi connectivity index (χ0n) is 16.3. The van der Waals surface area contributed by atoms with E-state index in [1.807, 2.05) is 17.1 Å². The summed E-state index contributed by atoms with van der Waals surface area (Å²) in [5.41, 5.74) is 0.694. The summed E-state index contributed by atoms with van der Waals surface area (Å²) in [6.07, 6.45) is 5.67. The summed E-state index contributed by atoms with van der Waals surface area (Å²) in [4.78, 5) is 18.9. The van der Waals surface area contributed by atoms with Gasteiger partial charge < -0.3 is 18.6 Å². The molecule has 1 aromatic rings. The van der Waals surface area contributed by atoms with Crippen molar-refractivity contribution in [1.82, 2.24) is 9.55 Å². The molecule has 2 heterocycles. The summed E-state index contributed by atoms with van der Waals surface area (Å²) in [6, 6.07) is 0. The van der Waals surface area contributed by atoms with Crippen molar-refractivity contribution in [2.24, 2.45) is 7.05 Å². The molecular weight excluding hydrogens is 334 g/mol. The Labute approximate surface area is 151 Å². The fraction of sp³-hybridized carbons (Fsp3) is 0.667. The van der Waals surface area contributed by atoms with Crippen LogP contribution in [0.5, 0.6) is 0 Å². The largest absolute Gasteiger partial charge is 0.413 e. The van der Waals surface area contributed by atoms with Gasteiger partial charge >= 0.3 is 0 Å². The summed E-state index contributed by atoms with van der Waals surface area (Å²) in [7, 11) is 0.0117. The van der Waals surface area contributed by atoms with E-state index >= 15 is 0 Å². The highest BCUT2D eigenvalue weighted by Crippen LogP contribution is 2.36. The number of ether oxygens (including phenoxy) is 1. The lowest BCUT2D eigenvalue weighted by atomic mass is 10.2. The van der Waals surface area contributed by atoms with Crippen LogP contribution in [0.15, 0.2) is 17.1 Å². The van der Waals surface area contributed by atoms with Crippen LogP contribution in [0.4, 0.5) is 5.82 Å². The molecule has 0 unspecified atom stereocenters. The number of hydrogen-bond donors (Lipinski definition) is 0. The normalized spacial score (nSPS) is 16.6. The summed E-state index contributed by atoms with van der Waals surface area (Å²) in [5, 5.41) is 0.194. The van der Waals surface area contributed by atoms with E-state index in [-0.39, 0.29) is 10.6 Å². The van der Waals surface area contributed by atoms with Gasteiger partial charge in [0.15, 0.2) is 14.1 Å². The van der Waals surface area contributed by atoms with Gasteiger partial charge in [-0.25, -0.2) is 4.98 Å². The Morgan fingerprint density at radius 2 is 1.96 bits per heavy atom. The summed E-state index contributed by atoms with van der Waals surface area (Å²) >= 11 is 0. The Morgan fingerprint density at radius 3 is 2.56 bits per heavy atom. The van der Waals surface area contributed by atoms with Crippen molar-refractivity contribution in [2.45, 2.75) is 38.9 Å². The monoisotopic (exact) mass is 365 g/mol. The van der Waals surface area contributed by atoms with E-state index in [1.165, 1.54) is 0 Å². The van der Waals surface area contributed by atoms with Crippen LogP contribution in [-0.2, 0) is 16.2 Å². The maximum atomic E-state index is 12.4. The van der Waals surface area contributed by atoms with Crippen LogP contribution in [0.1, 0.15) is 26.5 Å². The van der Waals surface area contributed by atoms with E-state index in [2.05, 4.69) is 38.8 Å². The predicted octanol–water partition coefficient (Wildman–Crippen LogP) is 2.65. The molecule has 1 fully saturated rings. The van der Waals surface area contributed by atoms with Crippen LogP contribution in [-0.4, -0.2) is 50.8 Å². The molecular formula is C18H31N3O3Si. The lowest BCUT2D eigenvalue weighted by Crippen LogP contribution is -2.41. The topological polar surface area (TPSA) is 56.6 Å². The fourth-order valence-corrected chi connectivity index (χ4v) is 3.26. The zero-order chi connectivity index (χ0) is 18.7. The predicted molar refractivity (Wildman–Crippen MR) is 105 cm³/mol. The third-order valence-electron chi connectivity index (χ3n) is 5.02. The first-order valence-electron chi connectivity index (χ1n) is 8.83. The molecule has 0 N–H and O–H groups in total. The average molecular weight is 366 g/mol. The molecule has 0 bridgehead atoms. The van der Waals surface area contributed by atoms with Gasteiger partial charge in [-0.2, -0.15) is 0 Å². The van der Waals surface area contributed by atoms with Crippen LogP contribution in [0, 0.1) is 0 Å². The fourth-order valence-electron chi connectivity index (χ4n) is 2.32. The first-order chi connectivity index (χ1) is 11.6. The second kappa shape index (κ2) is 7.84. The van der Waals surface area contributed by atoms with Gasteiger partial charge in [-0.1, -0.05) is 26.8 Å². The van der Waals surface area contributed by atoms with E-state index in [0.717, 1.165) is 5.69 Å². The molecule has 1 saturated heterocycles. The molecule has 1 aromatic heterocycles. The van der Waals surface area contributed by atoms with Gasteiger partial charge in [0.05, 0.1) is 25.5 Å². The maximum absolute atomic E-state index is 12.4. The molecule has 1 aliphatic heterocycles. The SMILES string of the molecule is Cn1cc(/C=C/CO[Si](C)(C)C(C)(C)C)nc(N2CCOCC2)c1=O. The number of aryl methyl sites for hydroxylation is 1. The maximum Gasteiger partial charge on any atom is 0.293 e. The van der Waals surface area contributed by atoms with Gasteiger partial charge in [0, 0.05) is 26.3 Å². The molecule has 0 aromatic carbocycles. The second-order valence-electron chi connectivity index (χ2n) is 7.98. The second-order valence-corrected chi connectivity index (χ2v) is 12.8. The summed E-state index contributed by atoms with van der Waals surface area (Å²) in [5.74, 6) is 0.498. The van der Waals surface area contributed by atoms with Gasteiger partial charge in [0.1, 0.15) is 0 Å². The lowest BCUT2D eigenvalue weighted by Gasteiger charge is -2.35. The highest BCUT2D eigenvalue weighted by Gasteiger charge is 2.36. The molecule has 2 rings (SSSR count). The smallest absolute Gasteiger partial charge is 0.293 e. The molecule has 0 atom stereocenters. The Morgan fingerprint density at radius 1 is 1.32 bits per heavy atom. The number of morpholine rings is 1. The molecule has 6 nitrogen and oxygen atoms in total. The number of hydrogen-bond acceptors (Lipinski definition) is 5. The molecule has 0 saturated carbocycles.